The van der Waals surface area contributed by atoms with Crippen molar-refractivity contribution < 1.29 is 47.4 Å². The van der Waals surface area contributed by atoms with Crippen molar-refractivity contribution in [1.29, 1.82) is 0 Å². The second kappa shape index (κ2) is 7.59. The number of rotatable bonds is 7. The average molecular weight is 432 g/mol. The molecule has 4 unspecified atom stereocenters. The van der Waals surface area contributed by atoms with Gasteiger partial charge in [-0.2, -0.15) is 0 Å². The molecule has 0 saturated carbocycles. The van der Waals surface area contributed by atoms with Gasteiger partial charge in [0.15, 0.2) is 5.72 Å². The molecular weight excluding hydrogens is 414 g/mol. The van der Waals surface area contributed by atoms with Crippen LogP contribution < -0.4 is 16.0 Å². The van der Waals surface area contributed by atoms with Crippen LogP contribution in [-0.2, 0) is 28.4 Å². The Kier molecular flexibility index (Phi) is 6.17. The second-order valence-electron chi connectivity index (χ2n) is 5.64. The quantitative estimate of drug-likeness (QED) is 0.294. The molecule has 0 spiro atoms. The third kappa shape index (κ3) is 4.93. The normalized spacial score (nSPS) is 28.1. The fraction of sp³-hybridized carbons (Fsp3) is 0.636. The number of phosphoric acid groups is 1. The van der Waals surface area contributed by atoms with Gasteiger partial charge in [0, 0.05) is 6.66 Å². The number of methoxy groups -OCH3 is 1. The second-order valence-corrected chi connectivity index (χ2v) is 9.07. The molecule has 2 heterocycles. The summed E-state index contributed by atoms with van der Waals surface area (Å²) < 4.78 is 41.8. The van der Waals surface area contributed by atoms with E-state index in [-0.39, 0.29) is 5.75 Å². The Morgan fingerprint density at radius 2 is 2.04 bits per heavy atom. The summed E-state index contributed by atoms with van der Waals surface area (Å²) in [7, 11) is -8.14. The predicted molar refractivity (Wildman–Crippen MR) is 86.4 cm³/mol. The number of H-pyrrole nitrogens is 1. The van der Waals surface area contributed by atoms with E-state index in [4.69, 9.17) is 23.8 Å². The lowest BCUT2D eigenvalue weighted by Gasteiger charge is -2.28. The summed E-state index contributed by atoms with van der Waals surface area (Å²) in [6.07, 6.45) is -2.27. The molecule has 1 aliphatic rings. The van der Waals surface area contributed by atoms with Crippen molar-refractivity contribution in [3.8, 4) is 5.75 Å². The molecule has 16 heteroatoms. The number of nitrogens with one attached hydrogen (secondary N) is 1. The molecule has 1 saturated heterocycles. The minimum Gasteiger partial charge on any atom is -0.490 e. The van der Waals surface area contributed by atoms with E-state index in [1.807, 2.05) is 4.98 Å². The Hall–Kier alpha value is -1.34. The average Bonchev–Trinajstić information content (AvgIpc) is 2.79. The van der Waals surface area contributed by atoms with Crippen molar-refractivity contribution >= 4 is 15.4 Å². The Morgan fingerprint density at radius 1 is 1.41 bits per heavy atom. The van der Waals surface area contributed by atoms with Gasteiger partial charge in [-0.25, -0.2) is 13.7 Å². The van der Waals surface area contributed by atoms with E-state index in [9.17, 15) is 28.9 Å². The van der Waals surface area contributed by atoms with Crippen molar-refractivity contribution in [2.24, 2.45) is 0 Å². The van der Waals surface area contributed by atoms with Gasteiger partial charge in [-0.15, -0.1) is 0 Å². The van der Waals surface area contributed by atoms with E-state index in [0.29, 0.717) is 4.57 Å². The van der Waals surface area contributed by atoms with Gasteiger partial charge >= 0.3 is 21.1 Å². The zero-order valence-corrected chi connectivity index (χ0v) is 15.8. The maximum absolute atomic E-state index is 12.0. The molecule has 2 rings (SSSR count). The van der Waals surface area contributed by atoms with E-state index in [2.05, 4.69) is 4.31 Å². The molecule has 5 N–H and O–H groups in total. The summed E-state index contributed by atoms with van der Waals surface area (Å²) in [6, 6.07) is 0. The number of aromatic nitrogens is 2. The summed E-state index contributed by atoms with van der Waals surface area (Å²) in [5, 5.41) is 21.0. The molecule has 0 amide bonds. The highest BCUT2D eigenvalue weighted by atomic mass is 31.3. The standard InChI is InChI=1S/C11H18N2O12P2/c1-22-6-3-13(10(16)12-9(6)15)11(17)5-23-7(8(11)14)4-24-26(2,18)25-27(19,20)21/h3,7-8,14,17H,4-5H2,1-2H3,(H,12,15,16)(H2,19,20,21). The number of hydrogen-bond acceptors (Lipinski definition) is 10. The van der Waals surface area contributed by atoms with Crippen molar-refractivity contribution in [3.05, 3.63) is 27.0 Å². The van der Waals surface area contributed by atoms with Crippen LogP contribution in [0.4, 0.5) is 0 Å². The van der Waals surface area contributed by atoms with E-state index >= 15 is 0 Å². The summed E-state index contributed by atoms with van der Waals surface area (Å²) in [6.45, 7) is -0.520. The third-order valence-electron chi connectivity index (χ3n) is 3.61. The molecule has 1 aliphatic heterocycles. The Labute approximate surface area is 151 Å². The van der Waals surface area contributed by atoms with Crippen LogP contribution in [0.1, 0.15) is 0 Å². The van der Waals surface area contributed by atoms with E-state index in [1.165, 1.54) is 0 Å². The first-order chi connectivity index (χ1) is 12.3. The molecule has 1 fully saturated rings. The summed E-state index contributed by atoms with van der Waals surface area (Å²) in [5.74, 6) is -0.317. The van der Waals surface area contributed by atoms with E-state index < -0.39 is 57.8 Å². The molecule has 154 valence electrons. The van der Waals surface area contributed by atoms with Gasteiger partial charge in [-0.3, -0.25) is 18.9 Å². The van der Waals surface area contributed by atoms with Gasteiger partial charge in [-0.1, -0.05) is 0 Å². The maximum atomic E-state index is 12.0. The van der Waals surface area contributed by atoms with Gasteiger partial charge in [0.1, 0.15) is 12.2 Å². The van der Waals surface area contributed by atoms with Crippen LogP contribution in [0, 0.1) is 0 Å². The number of aromatic amines is 1. The molecule has 0 aromatic carbocycles. The smallest absolute Gasteiger partial charge is 0.476 e. The molecule has 1 aromatic rings. The van der Waals surface area contributed by atoms with Gasteiger partial charge in [0.2, 0.25) is 5.75 Å². The van der Waals surface area contributed by atoms with Gasteiger partial charge < -0.3 is 34.0 Å². The largest absolute Gasteiger partial charge is 0.490 e. The molecule has 0 aliphatic carbocycles. The van der Waals surface area contributed by atoms with Crippen LogP contribution in [0.2, 0.25) is 0 Å². The number of hydrogen-bond donors (Lipinski definition) is 5. The highest BCUT2D eigenvalue weighted by Gasteiger charge is 2.51. The highest BCUT2D eigenvalue weighted by molar-refractivity contribution is 7.63. The van der Waals surface area contributed by atoms with Crippen molar-refractivity contribution in [2.75, 3.05) is 27.0 Å². The van der Waals surface area contributed by atoms with Crippen LogP contribution >= 0.6 is 15.4 Å². The van der Waals surface area contributed by atoms with Gasteiger partial charge in [-0.05, 0) is 0 Å². The van der Waals surface area contributed by atoms with Crippen LogP contribution in [0.25, 0.3) is 0 Å². The molecule has 27 heavy (non-hydrogen) atoms. The van der Waals surface area contributed by atoms with E-state index in [1.54, 1.807) is 0 Å². The van der Waals surface area contributed by atoms with Crippen molar-refractivity contribution in [2.45, 2.75) is 17.9 Å². The first-order valence-electron chi connectivity index (χ1n) is 7.20. The zero-order valence-electron chi connectivity index (χ0n) is 14.0. The van der Waals surface area contributed by atoms with Crippen molar-refractivity contribution in [3.63, 3.8) is 0 Å². The summed E-state index contributed by atoms with van der Waals surface area (Å²) in [4.78, 5) is 42.7. The fourth-order valence-corrected chi connectivity index (χ4v) is 4.52. The lowest BCUT2D eigenvalue weighted by atomic mass is 10.1. The van der Waals surface area contributed by atoms with Crippen LogP contribution in [0.3, 0.4) is 0 Å². The molecule has 1 aromatic heterocycles. The van der Waals surface area contributed by atoms with Crippen LogP contribution in [0.15, 0.2) is 15.8 Å². The predicted octanol–water partition coefficient (Wildman–Crippen LogP) is -2.10. The molecular formula is C11H18N2O12P2. The molecule has 4 atom stereocenters. The summed E-state index contributed by atoms with van der Waals surface area (Å²) >= 11 is 0. The highest BCUT2D eigenvalue weighted by Crippen LogP contribution is 2.58. The fourth-order valence-electron chi connectivity index (χ4n) is 2.37. The van der Waals surface area contributed by atoms with Crippen LogP contribution in [-0.4, -0.2) is 68.7 Å². The molecule has 0 bridgehead atoms. The summed E-state index contributed by atoms with van der Waals surface area (Å²) in [5.41, 5.74) is -4.24. The molecule has 14 nitrogen and oxygen atoms in total. The Bertz CT molecular complexity index is 905. The minimum absolute atomic E-state index is 0.317. The number of aliphatic hydroxyl groups is 2. The number of aliphatic hydroxyl groups excluding tert-OH is 1. The molecule has 0 radical (unpaired) electrons. The topological polar surface area (TPSA) is 207 Å². The lowest BCUT2D eigenvalue weighted by Crippen LogP contribution is -2.52. The third-order valence-corrected chi connectivity index (χ3v) is 6.27. The minimum atomic E-state index is -5.09. The van der Waals surface area contributed by atoms with Crippen molar-refractivity contribution in [1.82, 2.24) is 9.55 Å². The Balaban J connectivity index is 2.20. The van der Waals surface area contributed by atoms with Crippen LogP contribution in [0.5, 0.6) is 5.75 Å². The first-order valence-corrected chi connectivity index (χ1v) is 10.7. The Morgan fingerprint density at radius 3 is 2.59 bits per heavy atom. The maximum Gasteiger partial charge on any atom is 0.476 e. The number of nitrogens with zero attached hydrogens (tertiary/aromatic N) is 1. The first kappa shape index (κ1) is 22.0. The van der Waals surface area contributed by atoms with Gasteiger partial charge in [0.25, 0.3) is 5.56 Å². The number of ether oxygens (including phenoxy) is 2. The monoisotopic (exact) mass is 432 g/mol. The SMILES string of the molecule is COc1cn(C2(O)COC(COP(C)(=O)OP(=O)(O)O)C2O)c(=O)[nH]c1=O. The van der Waals surface area contributed by atoms with Gasteiger partial charge in [0.05, 0.1) is 26.5 Å². The lowest BCUT2D eigenvalue weighted by molar-refractivity contribution is -0.115. The van der Waals surface area contributed by atoms with E-state index in [0.717, 1.165) is 20.0 Å². The zero-order chi connectivity index (χ0) is 20.6.